The van der Waals surface area contributed by atoms with Crippen molar-refractivity contribution in [1.82, 2.24) is 19.6 Å². The summed E-state index contributed by atoms with van der Waals surface area (Å²) in [4.78, 5) is 12.2. The molecule has 0 atom stereocenters. The Balaban J connectivity index is 1.62. The average Bonchev–Trinajstić information content (AvgIpc) is 3.15. The highest BCUT2D eigenvalue weighted by Gasteiger charge is 2.13. The standard InChI is InChI=1S/C16H16ClN5O2/c1-11-15(9-18-21(11)2)19-16(23)14-6-7-22(20-14)10-24-13-5-3-4-12(17)8-13/h3-9H,10H2,1-2H3,(H,19,23). The van der Waals surface area contributed by atoms with Gasteiger partial charge in [-0.2, -0.15) is 10.2 Å². The van der Waals surface area contributed by atoms with Gasteiger partial charge in [0.2, 0.25) is 0 Å². The highest BCUT2D eigenvalue weighted by molar-refractivity contribution is 6.30. The number of carbonyl (C=O) groups excluding carboxylic acids is 1. The van der Waals surface area contributed by atoms with Crippen LogP contribution in [-0.2, 0) is 13.8 Å². The Morgan fingerprint density at radius 1 is 1.38 bits per heavy atom. The van der Waals surface area contributed by atoms with Crippen LogP contribution in [0, 0.1) is 6.92 Å². The predicted octanol–water partition coefficient (Wildman–Crippen LogP) is 2.87. The van der Waals surface area contributed by atoms with E-state index in [4.69, 9.17) is 16.3 Å². The molecule has 24 heavy (non-hydrogen) atoms. The molecular weight excluding hydrogens is 330 g/mol. The number of carbonyl (C=O) groups is 1. The van der Waals surface area contributed by atoms with E-state index in [9.17, 15) is 4.79 Å². The molecule has 2 aromatic heterocycles. The Kier molecular flexibility index (Phi) is 4.52. The van der Waals surface area contributed by atoms with Gasteiger partial charge in [0.25, 0.3) is 5.91 Å². The van der Waals surface area contributed by atoms with Crippen LogP contribution in [-0.4, -0.2) is 25.5 Å². The summed E-state index contributed by atoms with van der Waals surface area (Å²) >= 11 is 5.90. The summed E-state index contributed by atoms with van der Waals surface area (Å²) in [7, 11) is 1.81. The maximum absolute atomic E-state index is 12.2. The molecule has 0 saturated carbocycles. The number of amides is 1. The summed E-state index contributed by atoms with van der Waals surface area (Å²) < 4.78 is 8.80. The van der Waals surface area contributed by atoms with Gasteiger partial charge < -0.3 is 10.1 Å². The van der Waals surface area contributed by atoms with Crippen LogP contribution < -0.4 is 10.1 Å². The van der Waals surface area contributed by atoms with Crippen molar-refractivity contribution in [2.75, 3.05) is 5.32 Å². The minimum absolute atomic E-state index is 0.180. The summed E-state index contributed by atoms with van der Waals surface area (Å²) in [6, 6.07) is 8.71. The van der Waals surface area contributed by atoms with Crippen LogP contribution in [0.25, 0.3) is 0 Å². The average molecular weight is 346 g/mol. The van der Waals surface area contributed by atoms with Crippen LogP contribution >= 0.6 is 11.6 Å². The number of nitrogens with one attached hydrogen (secondary N) is 1. The van der Waals surface area contributed by atoms with Gasteiger partial charge in [-0.15, -0.1) is 0 Å². The fraction of sp³-hybridized carbons (Fsp3) is 0.188. The van der Waals surface area contributed by atoms with Crippen molar-refractivity contribution in [3.8, 4) is 5.75 Å². The Labute approximate surface area is 143 Å². The van der Waals surface area contributed by atoms with Crippen molar-refractivity contribution in [2.45, 2.75) is 13.7 Å². The lowest BCUT2D eigenvalue weighted by Crippen LogP contribution is -2.14. The maximum Gasteiger partial charge on any atom is 0.276 e. The number of aryl methyl sites for hydroxylation is 1. The summed E-state index contributed by atoms with van der Waals surface area (Å²) in [5.74, 6) is 0.336. The molecule has 0 aliphatic rings. The quantitative estimate of drug-likeness (QED) is 0.771. The molecule has 0 bridgehead atoms. The molecule has 3 aromatic rings. The number of hydrogen-bond donors (Lipinski definition) is 1. The van der Waals surface area contributed by atoms with Crippen molar-refractivity contribution < 1.29 is 9.53 Å². The van der Waals surface area contributed by atoms with Crippen molar-refractivity contribution in [3.63, 3.8) is 0 Å². The van der Waals surface area contributed by atoms with E-state index in [1.54, 1.807) is 47.4 Å². The molecule has 1 aromatic carbocycles. The van der Waals surface area contributed by atoms with E-state index in [1.165, 1.54) is 4.68 Å². The fourth-order valence-electron chi connectivity index (χ4n) is 2.06. The van der Waals surface area contributed by atoms with Crippen molar-refractivity contribution in [3.05, 3.63) is 59.1 Å². The lowest BCUT2D eigenvalue weighted by atomic mass is 10.3. The lowest BCUT2D eigenvalue weighted by molar-refractivity contribution is 0.102. The van der Waals surface area contributed by atoms with E-state index in [0.29, 0.717) is 22.2 Å². The summed E-state index contributed by atoms with van der Waals surface area (Å²) in [5, 5.41) is 11.7. The first-order chi connectivity index (χ1) is 11.5. The number of benzene rings is 1. The van der Waals surface area contributed by atoms with Crippen LogP contribution in [0.1, 0.15) is 16.2 Å². The van der Waals surface area contributed by atoms with E-state index >= 15 is 0 Å². The van der Waals surface area contributed by atoms with Gasteiger partial charge in [-0.05, 0) is 31.2 Å². The molecule has 0 aliphatic carbocycles. The second-order valence-corrected chi connectivity index (χ2v) is 5.63. The van der Waals surface area contributed by atoms with Crippen molar-refractivity contribution >= 4 is 23.2 Å². The minimum atomic E-state index is -0.299. The van der Waals surface area contributed by atoms with Crippen LogP contribution in [0.15, 0.2) is 42.7 Å². The normalized spacial score (nSPS) is 10.6. The summed E-state index contributed by atoms with van der Waals surface area (Å²) in [5.41, 5.74) is 1.83. The molecule has 0 radical (unpaired) electrons. The molecule has 3 rings (SSSR count). The largest absolute Gasteiger partial charge is 0.471 e. The van der Waals surface area contributed by atoms with Crippen LogP contribution in [0.2, 0.25) is 5.02 Å². The van der Waals surface area contributed by atoms with Gasteiger partial charge >= 0.3 is 0 Å². The molecule has 0 saturated heterocycles. The van der Waals surface area contributed by atoms with Gasteiger partial charge in [0, 0.05) is 18.3 Å². The molecular formula is C16H16ClN5O2. The first-order valence-corrected chi connectivity index (χ1v) is 7.62. The SMILES string of the molecule is Cc1c(NC(=O)c2ccn(COc3cccc(Cl)c3)n2)cnn1C. The zero-order chi connectivity index (χ0) is 17.1. The Hall–Kier alpha value is -2.80. The van der Waals surface area contributed by atoms with Gasteiger partial charge in [-0.25, -0.2) is 4.68 Å². The lowest BCUT2D eigenvalue weighted by Gasteiger charge is -2.06. The molecule has 7 nitrogen and oxygen atoms in total. The Morgan fingerprint density at radius 2 is 2.21 bits per heavy atom. The first kappa shape index (κ1) is 16.1. The molecule has 124 valence electrons. The number of rotatable bonds is 5. The minimum Gasteiger partial charge on any atom is -0.471 e. The van der Waals surface area contributed by atoms with Crippen LogP contribution in [0.5, 0.6) is 5.75 Å². The van der Waals surface area contributed by atoms with Crippen molar-refractivity contribution in [2.24, 2.45) is 7.05 Å². The number of ether oxygens (including phenoxy) is 1. The highest BCUT2D eigenvalue weighted by Crippen LogP contribution is 2.17. The second-order valence-electron chi connectivity index (χ2n) is 5.19. The monoisotopic (exact) mass is 345 g/mol. The molecule has 1 N–H and O–H groups in total. The summed E-state index contributed by atoms with van der Waals surface area (Å²) in [6.45, 7) is 2.06. The molecule has 0 aliphatic heterocycles. The van der Waals surface area contributed by atoms with Gasteiger partial charge in [0.15, 0.2) is 12.4 Å². The van der Waals surface area contributed by atoms with Crippen molar-refractivity contribution in [1.29, 1.82) is 0 Å². The maximum atomic E-state index is 12.2. The van der Waals surface area contributed by atoms with Crippen LogP contribution in [0.3, 0.4) is 0 Å². The molecule has 1 amide bonds. The van der Waals surface area contributed by atoms with Gasteiger partial charge in [0.1, 0.15) is 5.75 Å². The highest BCUT2D eigenvalue weighted by atomic mass is 35.5. The molecule has 0 unspecified atom stereocenters. The number of nitrogens with zero attached hydrogens (tertiary/aromatic N) is 4. The fourth-order valence-corrected chi connectivity index (χ4v) is 2.24. The van der Waals surface area contributed by atoms with Gasteiger partial charge in [-0.1, -0.05) is 17.7 Å². The topological polar surface area (TPSA) is 74.0 Å². The molecule has 2 heterocycles. The molecule has 8 heteroatoms. The zero-order valence-electron chi connectivity index (χ0n) is 13.2. The van der Waals surface area contributed by atoms with E-state index < -0.39 is 0 Å². The van der Waals surface area contributed by atoms with Gasteiger partial charge in [0.05, 0.1) is 17.6 Å². The Morgan fingerprint density at radius 3 is 2.92 bits per heavy atom. The van der Waals surface area contributed by atoms with Gasteiger partial charge in [-0.3, -0.25) is 9.48 Å². The zero-order valence-corrected chi connectivity index (χ0v) is 14.0. The molecule has 0 spiro atoms. The van der Waals surface area contributed by atoms with E-state index in [0.717, 1.165) is 5.69 Å². The number of halogens is 1. The number of hydrogen-bond acceptors (Lipinski definition) is 4. The third-order valence-corrected chi connectivity index (χ3v) is 3.75. The summed E-state index contributed by atoms with van der Waals surface area (Å²) in [6.07, 6.45) is 3.28. The second kappa shape index (κ2) is 6.76. The number of aromatic nitrogens is 4. The smallest absolute Gasteiger partial charge is 0.276 e. The first-order valence-electron chi connectivity index (χ1n) is 7.25. The van der Waals surface area contributed by atoms with E-state index in [-0.39, 0.29) is 12.6 Å². The number of anilines is 1. The van der Waals surface area contributed by atoms with Crippen LogP contribution in [0.4, 0.5) is 5.69 Å². The predicted molar refractivity (Wildman–Crippen MR) is 90.2 cm³/mol. The van der Waals surface area contributed by atoms with E-state index in [1.807, 2.05) is 14.0 Å². The third kappa shape index (κ3) is 3.57. The Bertz CT molecular complexity index is 871. The van der Waals surface area contributed by atoms with E-state index in [2.05, 4.69) is 15.5 Å². The third-order valence-electron chi connectivity index (χ3n) is 3.52. The molecule has 0 fully saturated rings.